The van der Waals surface area contributed by atoms with Crippen LogP contribution in [0.15, 0.2) is 41.4 Å². The van der Waals surface area contributed by atoms with E-state index in [-0.39, 0.29) is 23.0 Å². The molecule has 2 heterocycles. The van der Waals surface area contributed by atoms with Crippen molar-refractivity contribution in [2.75, 3.05) is 24.9 Å². The molecule has 0 saturated carbocycles. The van der Waals surface area contributed by atoms with Gasteiger partial charge in [-0.3, -0.25) is 13.9 Å². The Kier molecular flexibility index (Phi) is 4.60. The number of rotatable bonds is 4. The van der Waals surface area contributed by atoms with Gasteiger partial charge in [-0.25, -0.2) is 8.42 Å². The van der Waals surface area contributed by atoms with Gasteiger partial charge in [-0.05, 0) is 18.2 Å². The SMILES string of the molecule is CN(C)C(=O)[C@@H]1CN(S(=O)(=O)c2cc(C(N)=O)n(C)c2)c2ccccc2O1. The van der Waals surface area contributed by atoms with Crippen molar-refractivity contribution in [2.45, 2.75) is 11.0 Å². The van der Waals surface area contributed by atoms with Crippen molar-refractivity contribution in [2.24, 2.45) is 12.8 Å². The van der Waals surface area contributed by atoms with E-state index in [4.69, 9.17) is 10.5 Å². The van der Waals surface area contributed by atoms with Gasteiger partial charge in [-0.1, -0.05) is 12.1 Å². The summed E-state index contributed by atoms with van der Waals surface area (Å²) >= 11 is 0. The zero-order valence-corrected chi connectivity index (χ0v) is 15.9. The van der Waals surface area contributed by atoms with Gasteiger partial charge in [-0.15, -0.1) is 0 Å². The number of nitrogens with two attached hydrogens (primary N) is 1. The minimum absolute atomic E-state index is 0.0658. The van der Waals surface area contributed by atoms with Gasteiger partial charge in [0.05, 0.1) is 12.2 Å². The van der Waals surface area contributed by atoms with Gasteiger partial charge < -0.3 is 19.9 Å². The van der Waals surface area contributed by atoms with Crippen molar-refractivity contribution in [1.82, 2.24) is 9.47 Å². The number of amides is 2. The van der Waals surface area contributed by atoms with Gasteiger partial charge >= 0.3 is 0 Å². The first kappa shape index (κ1) is 18.8. The summed E-state index contributed by atoms with van der Waals surface area (Å²) in [7, 11) is 0.625. The average Bonchev–Trinajstić information content (AvgIpc) is 3.02. The summed E-state index contributed by atoms with van der Waals surface area (Å²) in [6, 6.07) is 7.80. The zero-order valence-electron chi connectivity index (χ0n) is 15.1. The third-order valence-electron chi connectivity index (χ3n) is 4.27. The molecular weight excluding hydrogens is 372 g/mol. The number of carbonyl (C=O) groups is 2. The molecule has 1 atom stereocenters. The Hall–Kier alpha value is -3.01. The van der Waals surface area contributed by atoms with Crippen molar-refractivity contribution >= 4 is 27.5 Å². The predicted molar refractivity (Wildman–Crippen MR) is 98.0 cm³/mol. The molecule has 2 amide bonds. The third kappa shape index (κ3) is 3.23. The second kappa shape index (κ2) is 6.62. The zero-order chi connectivity index (χ0) is 19.9. The van der Waals surface area contributed by atoms with Crippen LogP contribution >= 0.6 is 0 Å². The van der Waals surface area contributed by atoms with Crippen LogP contribution in [0.25, 0.3) is 0 Å². The first-order valence-corrected chi connectivity index (χ1v) is 9.52. The summed E-state index contributed by atoms with van der Waals surface area (Å²) in [5.74, 6) is -0.795. The number of ether oxygens (including phenoxy) is 1. The van der Waals surface area contributed by atoms with E-state index in [0.29, 0.717) is 11.4 Å². The summed E-state index contributed by atoms with van der Waals surface area (Å²) in [5, 5.41) is 0. The van der Waals surface area contributed by atoms with E-state index < -0.39 is 22.0 Å². The van der Waals surface area contributed by atoms with Crippen LogP contribution in [0, 0.1) is 0 Å². The number of anilines is 1. The minimum atomic E-state index is -4.05. The average molecular weight is 392 g/mol. The Morgan fingerprint density at radius 1 is 1.26 bits per heavy atom. The van der Waals surface area contributed by atoms with Crippen molar-refractivity contribution in [3.05, 3.63) is 42.2 Å². The van der Waals surface area contributed by atoms with Crippen LogP contribution in [0.1, 0.15) is 10.5 Å². The summed E-state index contributed by atoms with van der Waals surface area (Å²) in [6.07, 6.45) is 0.333. The Morgan fingerprint density at radius 3 is 2.52 bits per heavy atom. The van der Waals surface area contributed by atoms with Gasteiger partial charge in [0.2, 0.25) is 0 Å². The Morgan fingerprint density at radius 2 is 1.93 bits per heavy atom. The van der Waals surface area contributed by atoms with Crippen LogP contribution in [-0.4, -0.2) is 56.4 Å². The van der Waals surface area contributed by atoms with Crippen LogP contribution in [0.2, 0.25) is 0 Å². The largest absolute Gasteiger partial charge is 0.476 e. The maximum atomic E-state index is 13.3. The molecule has 0 bridgehead atoms. The number of aryl methyl sites for hydroxylation is 1. The van der Waals surface area contributed by atoms with Crippen molar-refractivity contribution in [3.63, 3.8) is 0 Å². The third-order valence-corrected chi connectivity index (χ3v) is 6.02. The highest BCUT2D eigenvalue weighted by molar-refractivity contribution is 7.92. The highest BCUT2D eigenvalue weighted by Crippen LogP contribution is 2.37. The van der Waals surface area contributed by atoms with Gasteiger partial charge in [0.15, 0.2) is 6.10 Å². The molecule has 1 aromatic heterocycles. The summed E-state index contributed by atoms with van der Waals surface area (Å²) in [5.41, 5.74) is 5.67. The number of aromatic nitrogens is 1. The van der Waals surface area contributed by atoms with Crippen LogP contribution in [0.4, 0.5) is 5.69 Å². The van der Waals surface area contributed by atoms with Crippen LogP contribution in [0.5, 0.6) is 5.75 Å². The lowest BCUT2D eigenvalue weighted by Gasteiger charge is -2.35. The lowest BCUT2D eigenvalue weighted by atomic mass is 10.2. The van der Waals surface area contributed by atoms with Crippen LogP contribution < -0.4 is 14.8 Å². The Labute approximate surface area is 157 Å². The molecule has 9 nitrogen and oxygen atoms in total. The van der Waals surface area contributed by atoms with Crippen LogP contribution in [0.3, 0.4) is 0 Å². The fourth-order valence-corrected chi connectivity index (χ4v) is 4.44. The monoisotopic (exact) mass is 392 g/mol. The first-order valence-electron chi connectivity index (χ1n) is 8.08. The molecule has 10 heteroatoms. The molecule has 1 aliphatic heterocycles. The first-order chi connectivity index (χ1) is 12.6. The fraction of sp³-hybridized carbons (Fsp3) is 0.294. The summed E-state index contributed by atoms with van der Waals surface area (Å²) in [6.45, 7) is -0.183. The number of fused-ring (bicyclic) bond motifs is 1. The molecule has 0 fully saturated rings. The van der Waals surface area contributed by atoms with E-state index in [1.807, 2.05) is 0 Å². The lowest BCUT2D eigenvalue weighted by Crippen LogP contribution is -2.50. The number of primary amides is 1. The van der Waals surface area contributed by atoms with E-state index in [9.17, 15) is 18.0 Å². The number of para-hydroxylation sites is 2. The Bertz CT molecular complexity index is 1010. The van der Waals surface area contributed by atoms with Gasteiger partial charge in [0.1, 0.15) is 16.3 Å². The smallest absolute Gasteiger partial charge is 0.266 e. The number of hydrogen-bond acceptors (Lipinski definition) is 5. The molecule has 3 rings (SSSR count). The number of carbonyl (C=O) groups excluding carboxylic acids is 2. The van der Waals surface area contributed by atoms with Gasteiger partial charge in [-0.2, -0.15) is 0 Å². The molecule has 0 spiro atoms. The normalized spacial score (nSPS) is 16.4. The number of hydrogen-bond donors (Lipinski definition) is 1. The van der Waals surface area contributed by atoms with Crippen molar-refractivity contribution in [1.29, 1.82) is 0 Å². The molecule has 0 aliphatic carbocycles. The van der Waals surface area contributed by atoms with E-state index in [0.717, 1.165) is 4.31 Å². The maximum absolute atomic E-state index is 13.3. The second-order valence-electron chi connectivity index (χ2n) is 6.38. The summed E-state index contributed by atoms with van der Waals surface area (Å²) in [4.78, 5) is 25.1. The topological polar surface area (TPSA) is 115 Å². The molecule has 2 aromatic rings. The van der Waals surface area contributed by atoms with E-state index in [1.165, 1.54) is 28.8 Å². The van der Waals surface area contributed by atoms with Crippen LogP contribution in [-0.2, 0) is 21.9 Å². The molecular formula is C17H20N4O5S. The highest BCUT2D eigenvalue weighted by atomic mass is 32.2. The van der Waals surface area contributed by atoms with E-state index in [1.54, 1.807) is 38.4 Å². The molecule has 0 unspecified atom stereocenters. The Balaban J connectivity index is 2.09. The van der Waals surface area contributed by atoms with Crippen molar-refractivity contribution in [3.8, 4) is 5.75 Å². The van der Waals surface area contributed by atoms with Gasteiger partial charge in [0, 0.05) is 27.3 Å². The van der Waals surface area contributed by atoms with Crippen molar-refractivity contribution < 1.29 is 22.7 Å². The maximum Gasteiger partial charge on any atom is 0.266 e. The fourth-order valence-electron chi connectivity index (χ4n) is 2.89. The molecule has 0 radical (unpaired) electrons. The summed E-state index contributed by atoms with van der Waals surface area (Å²) < 4.78 is 34.7. The number of likely N-dealkylation sites (N-methyl/N-ethyl adjacent to an activating group) is 1. The lowest BCUT2D eigenvalue weighted by molar-refractivity contribution is -0.135. The molecule has 144 valence electrons. The molecule has 1 aromatic carbocycles. The highest BCUT2D eigenvalue weighted by Gasteiger charge is 2.38. The molecule has 0 saturated heterocycles. The number of sulfonamides is 1. The van der Waals surface area contributed by atoms with E-state index >= 15 is 0 Å². The number of nitrogens with zero attached hydrogens (tertiary/aromatic N) is 3. The number of benzene rings is 1. The predicted octanol–water partition coefficient (Wildman–Crippen LogP) is 0.169. The quantitative estimate of drug-likeness (QED) is 0.796. The molecule has 2 N–H and O–H groups in total. The van der Waals surface area contributed by atoms with E-state index in [2.05, 4.69) is 0 Å². The minimum Gasteiger partial charge on any atom is -0.476 e. The second-order valence-corrected chi connectivity index (χ2v) is 8.24. The standard InChI is InChI=1S/C17H20N4O5S/c1-19(2)17(23)15-10-21(12-6-4-5-7-14(12)26-15)27(24,25)11-8-13(16(18)22)20(3)9-11/h4-9,15H,10H2,1-3H3,(H2,18,22)/t15-/m0/s1. The molecule has 1 aliphatic rings. The molecule has 27 heavy (non-hydrogen) atoms. The van der Waals surface area contributed by atoms with Gasteiger partial charge in [0.25, 0.3) is 21.8 Å².